The molecule has 8 N–H and O–H groups in total. The van der Waals surface area contributed by atoms with Gasteiger partial charge in [0.2, 0.25) is 6.23 Å². The molecule has 154 valence electrons. The van der Waals surface area contributed by atoms with Gasteiger partial charge in [-0.2, -0.15) is 13.8 Å². The maximum absolute atomic E-state index is 14.3. The first kappa shape index (κ1) is 22.0. The summed E-state index contributed by atoms with van der Waals surface area (Å²) in [6, 6.07) is 0.936. The summed E-state index contributed by atoms with van der Waals surface area (Å²) >= 11 is 0. The number of nitrogens with zero attached hydrogens (tertiary/aromatic N) is 2. The monoisotopic (exact) mass is 437 g/mol. The first-order valence-electron chi connectivity index (χ1n) is 6.93. The van der Waals surface area contributed by atoms with Gasteiger partial charge >= 0.3 is 26.8 Å². The van der Waals surface area contributed by atoms with Gasteiger partial charge in [-0.1, -0.05) is 0 Å². The Kier molecular flexibility index (Phi) is 5.67. The fraction of sp³-hybridized carbons (Fsp3) is 0.600. The molecular formula is C10H15F2N3O10P2. The van der Waals surface area contributed by atoms with Crippen molar-refractivity contribution in [3.63, 3.8) is 0 Å². The van der Waals surface area contributed by atoms with Gasteiger partial charge in [0.15, 0.2) is 11.5 Å². The van der Waals surface area contributed by atoms with Gasteiger partial charge < -0.3 is 40.3 Å². The van der Waals surface area contributed by atoms with Gasteiger partial charge in [-0.15, -0.1) is 0 Å². The SMILES string of the molecule is Nc1ccn([C@@H]2O[C@H](C(O)C(P(=O)(O)O)P(=O)(O)O)[C@@H](O)C2(F)F)c(=O)n1. The predicted molar refractivity (Wildman–Crippen MR) is 81.7 cm³/mol. The van der Waals surface area contributed by atoms with Gasteiger partial charge in [0.25, 0.3) is 0 Å². The van der Waals surface area contributed by atoms with Crippen LogP contribution in [-0.2, 0) is 13.9 Å². The molecule has 4 atom stereocenters. The smallest absolute Gasteiger partial charge is 0.351 e. The van der Waals surface area contributed by atoms with Crippen LogP contribution in [0, 0.1) is 0 Å². The molecule has 27 heavy (non-hydrogen) atoms. The Morgan fingerprint density at radius 2 is 1.78 bits per heavy atom. The lowest BCUT2D eigenvalue weighted by Gasteiger charge is -2.29. The van der Waals surface area contributed by atoms with Crippen LogP contribution >= 0.6 is 15.2 Å². The van der Waals surface area contributed by atoms with Crippen molar-refractivity contribution in [3.05, 3.63) is 22.7 Å². The Labute approximate surface area is 148 Å². The van der Waals surface area contributed by atoms with Crippen molar-refractivity contribution in [1.82, 2.24) is 9.55 Å². The molecular weight excluding hydrogens is 422 g/mol. The third kappa shape index (κ3) is 4.11. The highest BCUT2D eigenvalue weighted by Crippen LogP contribution is 2.62. The molecule has 0 amide bonds. The van der Waals surface area contributed by atoms with Crippen LogP contribution in [0.1, 0.15) is 6.23 Å². The van der Waals surface area contributed by atoms with Crippen LogP contribution in [0.4, 0.5) is 14.6 Å². The highest BCUT2D eigenvalue weighted by atomic mass is 31.2. The lowest BCUT2D eigenvalue weighted by Crippen LogP contribution is -2.47. The minimum absolute atomic E-state index is 0.191. The zero-order valence-electron chi connectivity index (χ0n) is 13.0. The zero-order chi connectivity index (χ0) is 20.9. The molecule has 0 aromatic carbocycles. The molecule has 0 bridgehead atoms. The predicted octanol–water partition coefficient (Wildman–Crippen LogP) is -2.24. The van der Waals surface area contributed by atoms with Gasteiger partial charge in [-0.05, 0) is 6.07 Å². The minimum atomic E-state index is -5.73. The van der Waals surface area contributed by atoms with Crippen LogP contribution in [0.3, 0.4) is 0 Å². The topological polar surface area (TPSA) is 226 Å². The third-order valence-electron chi connectivity index (χ3n) is 3.76. The van der Waals surface area contributed by atoms with Gasteiger partial charge in [-0.25, -0.2) is 4.79 Å². The number of alkyl halides is 2. The highest BCUT2D eigenvalue weighted by Gasteiger charge is 2.65. The number of nitrogen functional groups attached to an aromatic ring is 1. The van der Waals surface area contributed by atoms with Crippen molar-refractivity contribution in [1.29, 1.82) is 0 Å². The van der Waals surface area contributed by atoms with Crippen molar-refractivity contribution < 1.29 is 52.4 Å². The largest absolute Gasteiger partial charge is 0.389 e. The maximum atomic E-state index is 14.3. The molecule has 1 unspecified atom stereocenters. The summed E-state index contributed by atoms with van der Waals surface area (Å²) in [4.78, 5) is 51.2. The van der Waals surface area contributed by atoms with Crippen LogP contribution < -0.4 is 11.4 Å². The van der Waals surface area contributed by atoms with Crippen molar-refractivity contribution in [2.45, 2.75) is 35.9 Å². The normalized spacial score (nSPS) is 27.1. The third-order valence-corrected chi connectivity index (χ3v) is 7.55. The first-order valence-corrected chi connectivity index (χ1v) is 10.3. The number of nitrogens with two attached hydrogens (primary N) is 1. The summed E-state index contributed by atoms with van der Waals surface area (Å²) in [5.74, 6) is -4.63. The quantitative estimate of drug-likeness (QED) is 0.243. The second-order valence-electron chi connectivity index (χ2n) is 5.70. The van der Waals surface area contributed by atoms with E-state index in [1.165, 1.54) is 0 Å². The number of aliphatic hydroxyl groups is 2. The maximum Gasteiger partial charge on any atom is 0.351 e. The Morgan fingerprint density at radius 3 is 2.22 bits per heavy atom. The van der Waals surface area contributed by atoms with E-state index in [0.717, 1.165) is 12.3 Å². The molecule has 1 aliphatic rings. The van der Waals surface area contributed by atoms with Crippen LogP contribution in [0.5, 0.6) is 0 Å². The Morgan fingerprint density at radius 1 is 1.26 bits per heavy atom. The standard InChI is InChI=1S/C10H15F2N3O10P2/c11-10(12)6(17)5(4(16)7(26(19,20)21)27(22,23)24)25-8(10)15-2-1-3(13)14-9(15)18/h1-2,4-8,16-17H,(H2,13,14,18)(H2,19,20,21)(H2,22,23,24)/t4?,5-,6-,8-/m1/s1. The molecule has 1 aliphatic heterocycles. The fourth-order valence-corrected chi connectivity index (χ4v) is 5.27. The van der Waals surface area contributed by atoms with E-state index in [0.29, 0.717) is 0 Å². The molecule has 0 saturated carbocycles. The number of ether oxygens (including phenoxy) is 1. The summed E-state index contributed by atoms with van der Waals surface area (Å²) in [6.45, 7) is 0. The molecule has 0 aliphatic carbocycles. The van der Waals surface area contributed by atoms with E-state index in [1.807, 2.05) is 0 Å². The van der Waals surface area contributed by atoms with Gasteiger partial charge in [0.1, 0.15) is 18.0 Å². The number of anilines is 1. The van der Waals surface area contributed by atoms with Crippen molar-refractivity contribution in [2.24, 2.45) is 0 Å². The lowest BCUT2D eigenvalue weighted by atomic mass is 10.1. The first-order chi connectivity index (χ1) is 12.1. The van der Waals surface area contributed by atoms with E-state index < -0.39 is 56.7 Å². The molecule has 1 aromatic rings. The number of hydrogen-bond donors (Lipinski definition) is 7. The van der Waals surface area contributed by atoms with Crippen LogP contribution in [0.2, 0.25) is 0 Å². The van der Waals surface area contributed by atoms with E-state index in [1.54, 1.807) is 0 Å². The minimum Gasteiger partial charge on any atom is -0.389 e. The number of aliphatic hydroxyl groups excluding tert-OH is 2. The molecule has 0 radical (unpaired) electrons. The molecule has 1 fully saturated rings. The summed E-state index contributed by atoms with van der Waals surface area (Å²) in [5.41, 5.74) is 3.89. The summed E-state index contributed by atoms with van der Waals surface area (Å²) in [5, 5.41) is 16.5. The lowest BCUT2D eigenvalue weighted by molar-refractivity contribution is -0.141. The summed E-state index contributed by atoms with van der Waals surface area (Å²) in [6.07, 6.45) is -10.3. The zero-order valence-corrected chi connectivity index (χ0v) is 14.8. The van der Waals surface area contributed by atoms with E-state index in [9.17, 15) is 32.9 Å². The number of hydrogen-bond acceptors (Lipinski definition) is 8. The van der Waals surface area contributed by atoms with Gasteiger partial charge in [0, 0.05) is 6.20 Å². The van der Waals surface area contributed by atoms with E-state index >= 15 is 0 Å². The van der Waals surface area contributed by atoms with Crippen LogP contribution in [-0.4, -0.2) is 69.0 Å². The Balaban J connectivity index is 2.47. The number of rotatable bonds is 5. The Bertz CT molecular complexity index is 847. The molecule has 17 heteroatoms. The average molecular weight is 437 g/mol. The summed E-state index contributed by atoms with van der Waals surface area (Å²) in [7, 11) is -11.5. The summed E-state index contributed by atoms with van der Waals surface area (Å²) < 4.78 is 56.2. The average Bonchev–Trinajstić information content (AvgIpc) is 2.67. The van der Waals surface area contributed by atoms with Crippen LogP contribution in [0.15, 0.2) is 17.1 Å². The van der Waals surface area contributed by atoms with Crippen molar-refractivity contribution in [2.75, 3.05) is 5.73 Å². The van der Waals surface area contributed by atoms with Crippen molar-refractivity contribution >= 4 is 21.0 Å². The second-order valence-corrected chi connectivity index (χ2v) is 9.57. The molecule has 1 saturated heterocycles. The van der Waals surface area contributed by atoms with Crippen LogP contribution in [0.25, 0.3) is 0 Å². The van der Waals surface area contributed by atoms with E-state index in [4.69, 9.17) is 25.3 Å². The highest BCUT2D eigenvalue weighted by molar-refractivity contribution is 7.71. The number of aromatic nitrogens is 2. The molecule has 1 aromatic heterocycles. The molecule has 2 heterocycles. The second kappa shape index (κ2) is 6.95. The molecule has 13 nitrogen and oxygen atoms in total. The van der Waals surface area contributed by atoms with E-state index in [2.05, 4.69) is 9.72 Å². The molecule has 0 spiro atoms. The Hall–Kier alpha value is -1.28. The van der Waals surface area contributed by atoms with Gasteiger partial charge in [-0.3, -0.25) is 13.7 Å². The number of halogens is 2. The molecule has 2 rings (SSSR count). The van der Waals surface area contributed by atoms with E-state index in [-0.39, 0.29) is 10.4 Å². The fourth-order valence-electron chi connectivity index (χ4n) is 2.57. The van der Waals surface area contributed by atoms with Gasteiger partial charge in [0.05, 0.1) is 0 Å². The van der Waals surface area contributed by atoms with Crippen molar-refractivity contribution in [3.8, 4) is 0 Å².